The monoisotopic (exact) mass is 254 g/mol. The summed E-state index contributed by atoms with van der Waals surface area (Å²) in [5, 5.41) is 19.6. The number of methoxy groups -OCH3 is 1. The number of aliphatic hydroxyl groups is 1. The molecule has 19 heavy (non-hydrogen) atoms. The molecular formula is C16H14O3. The second-order valence-corrected chi connectivity index (χ2v) is 3.93. The Hall–Kier alpha value is -2.44. The van der Waals surface area contributed by atoms with Crippen molar-refractivity contribution in [3.05, 3.63) is 59.7 Å². The topological polar surface area (TPSA) is 49.7 Å². The molecule has 0 aliphatic carbocycles. The normalized spacial score (nSPS) is 11.3. The summed E-state index contributed by atoms with van der Waals surface area (Å²) < 4.78 is 5.17. The zero-order valence-corrected chi connectivity index (χ0v) is 10.5. The summed E-state index contributed by atoms with van der Waals surface area (Å²) >= 11 is 0. The number of rotatable bonds is 2. The van der Waals surface area contributed by atoms with Crippen LogP contribution in [-0.2, 0) is 0 Å². The van der Waals surface area contributed by atoms with Gasteiger partial charge in [-0.2, -0.15) is 0 Å². The van der Waals surface area contributed by atoms with Crippen LogP contribution in [0.1, 0.15) is 17.2 Å². The smallest absolute Gasteiger partial charge is 0.144 e. The van der Waals surface area contributed by atoms with Crippen LogP contribution in [0, 0.1) is 11.8 Å². The molecule has 96 valence electrons. The van der Waals surface area contributed by atoms with Crippen molar-refractivity contribution in [3.63, 3.8) is 0 Å². The van der Waals surface area contributed by atoms with E-state index < -0.39 is 6.10 Å². The van der Waals surface area contributed by atoms with Crippen LogP contribution in [0.2, 0.25) is 0 Å². The van der Waals surface area contributed by atoms with Gasteiger partial charge in [0.15, 0.2) is 0 Å². The summed E-state index contributed by atoms with van der Waals surface area (Å²) in [6.45, 7) is 0. The van der Waals surface area contributed by atoms with Gasteiger partial charge < -0.3 is 14.9 Å². The van der Waals surface area contributed by atoms with Crippen molar-refractivity contribution in [2.24, 2.45) is 0 Å². The van der Waals surface area contributed by atoms with Gasteiger partial charge in [0.05, 0.1) is 12.7 Å². The molecule has 0 bridgehead atoms. The Labute approximate surface area is 112 Å². The number of hydrogen-bond donors (Lipinski definition) is 2. The van der Waals surface area contributed by atoms with Crippen LogP contribution in [0.4, 0.5) is 0 Å². The predicted molar refractivity (Wildman–Crippen MR) is 72.9 cm³/mol. The van der Waals surface area contributed by atoms with E-state index in [1.165, 1.54) is 6.07 Å². The zero-order valence-electron chi connectivity index (χ0n) is 10.5. The lowest BCUT2D eigenvalue weighted by atomic mass is 10.1. The minimum Gasteiger partial charge on any atom is -0.508 e. The molecule has 0 aliphatic heterocycles. The molecule has 1 atom stereocenters. The van der Waals surface area contributed by atoms with E-state index in [0.29, 0.717) is 16.9 Å². The van der Waals surface area contributed by atoms with E-state index in [1.807, 2.05) is 18.2 Å². The van der Waals surface area contributed by atoms with Crippen molar-refractivity contribution in [1.29, 1.82) is 0 Å². The van der Waals surface area contributed by atoms with E-state index in [1.54, 1.807) is 31.4 Å². The maximum atomic E-state index is 9.95. The van der Waals surface area contributed by atoms with Crippen LogP contribution < -0.4 is 4.74 Å². The minimum absolute atomic E-state index is 0.0318. The SMILES string of the molecule is COc1ccccc1C#CC(O)c1ccccc1O. The standard InChI is InChI=1S/C16H14O3/c1-19-16-9-5-2-6-12(16)10-11-15(18)13-7-3-4-8-14(13)17/h2-9,15,17-18H,1H3. The van der Waals surface area contributed by atoms with E-state index in [9.17, 15) is 10.2 Å². The van der Waals surface area contributed by atoms with E-state index in [2.05, 4.69) is 11.8 Å². The number of para-hydroxylation sites is 2. The number of phenolic OH excluding ortho intramolecular Hbond substituents is 1. The molecule has 0 saturated carbocycles. The molecule has 1 unspecified atom stereocenters. The number of benzene rings is 2. The Balaban J connectivity index is 2.27. The van der Waals surface area contributed by atoms with Crippen molar-refractivity contribution < 1.29 is 14.9 Å². The number of aliphatic hydroxyl groups excluding tert-OH is 1. The van der Waals surface area contributed by atoms with Gasteiger partial charge in [0.25, 0.3) is 0 Å². The first kappa shape index (κ1) is 13.0. The highest BCUT2D eigenvalue weighted by Gasteiger charge is 2.08. The van der Waals surface area contributed by atoms with Gasteiger partial charge in [-0.3, -0.25) is 0 Å². The maximum absolute atomic E-state index is 9.95. The number of hydrogen-bond acceptors (Lipinski definition) is 3. The van der Waals surface area contributed by atoms with Gasteiger partial charge in [-0.25, -0.2) is 0 Å². The average molecular weight is 254 g/mol. The Morgan fingerprint density at radius 1 is 1.05 bits per heavy atom. The molecule has 0 amide bonds. The van der Waals surface area contributed by atoms with Gasteiger partial charge in [0, 0.05) is 5.56 Å². The summed E-state index contributed by atoms with van der Waals surface area (Å²) in [5.41, 5.74) is 1.09. The molecule has 2 aromatic carbocycles. The van der Waals surface area contributed by atoms with Crippen LogP contribution in [0.3, 0.4) is 0 Å². The molecule has 0 aromatic heterocycles. The molecule has 2 aromatic rings. The van der Waals surface area contributed by atoms with Gasteiger partial charge in [-0.1, -0.05) is 42.2 Å². The highest BCUT2D eigenvalue weighted by atomic mass is 16.5. The number of ether oxygens (including phenoxy) is 1. The predicted octanol–water partition coefficient (Wildman–Crippen LogP) is 2.49. The Morgan fingerprint density at radius 2 is 1.74 bits per heavy atom. The highest BCUT2D eigenvalue weighted by Crippen LogP contribution is 2.23. The van der Waals surface area contributed by atoms with Gasteiger partial charge >= 0.3 is 0 Å². The second kappa shape index (κ2) is 5.94. The average Bonchev–Trinajstić information content (AvgIpc) is 2.45. The third-order valence-corrected chi connectivity index (χ3v) is 2.68. The van der Waals surface area contributed by atoms with Crippen LogP contribution in [0.25, 0.3) is 0 Å². The lowest BCUT2D eigenvalue weighted by Crippen LogP contribution is -1.94. The van der Waals surface area contributed by atoms with Crippen molar-refractivity contribution in [3.8, 4) is 23.3 Å². The fourth-order valence-electron chi connectivity index (χ4n) is 1.69. The molecule has 0 heterocycles. The van der Waals surface area contributed by atoms with Gasteiger partial charge in [-0.05, 0) is 18.2 Å². The summed E-state index contributed by atoms with van der Waals surface area (Å²) in [5.74, 6) is 6.23. The highest BCUT2D eigenvalue weighted by molar-refractivity contribution is 5.47. The molecule has 0 spiro atoms. The molecule has 0 aliphatic rings. The first-order chi connectivity index (χ1) is 9.22. The largest absolute Gasteiger partial charge is 0.508 e. The lowest BCUT2D eigenvalue weighted by Gasteiger charge is -2.06. The fourth-order valence-corrected chi connectivity index (χ4v) is 1.69. The van der Waals surface area contributed by atoms with E-state index in [4.69, 9.17) is 4.74 Å². The van der Waals surface area contributed by atoms with Crippen molar-refractivity contribution >= 4 is 0 Å². The van der Waals surface area contributed by atoms with Crippen LogP contribution in [0.15, 0.2) is 48.5 Å². The third kappa shape index (κ3) is 3.06. The number of aromatic hydroxyl groups is 1. The number of phenols is 1. The zero-order chi connectivity index (χ0) is 13.7. The summed E-state index contributed by atoms with van der Waals surface area (Å²) in [7, 11) is 1.57. The van der Waals surface area contributed by atoms with Crippen LogP contribution in [-0.4, -0.2) is 17.3 Å². The molecule has 2 N–H and O–H groups in total. The lowest BCUT2D eigenvalue weighted by molar-refractivity contribution is 0.233. The van der Waals surface area contributed by atoms with Crippen LogP contribution in [0.5, 0.6) is 11.5 Å². The Bertz CT molecular complexity index is 623. The van der Waals surface area contributed by atoms with Gasteiger partial charge in [0.2, 0.25) is 0 Å². The van der Waals surface area contributed by atoms with E-state index in [-0.39, 0.29) is 5.75 Å². The summed E-state index contributed by atoms with van der Waals surface area (Å²) in [6.07, 6.45) is -1.04. The molecule has 2 rings (SSSR count). The minimum atomic E-state index is -1.04. The summed E-state index contributed by atoms with van der Waals surface area (Å²) in [6, 6.07) is 13.9. The Morgan fingerprint density at radius 3 is 2.47 bits per heavy atom. The molecular weight excluding hydrogens is 240 g/mol. The molecule has 0 fully saturated rings. The molecule has 3 nitrogen and oxygen atoms in total. The second-order valence-electron chi connectivity index (χ2n) is 3.93. The first-order valence-corrected chi connectivity index (χ1v) is 5.83. The first-order valence-electron chi connectivity index (χ1n) is 5.83. The van der Waals surface area contributed by atoms with E-state index in [0.717, 1.165) is 0 Å². The molecule has 3 heteroatoms. The van der Waals surface area contributed by atoms with Crippen LogP contribution >= 0.6 is 0 Å². The van der Waals surface area contributed by atoms with Crippen molar-refractivity contribution in [1.82, 2.24) is 0 Å². The quantitative estimate of drug-likeness (QED) is 0.809. The van der Waals surface area contributed by atoms with Crippen molar-refractivity contribution in [2.45, 2.75) is 6.10 Å². The third-order valence-electron chi connectivity index (χ3n) is 2.68. The van der Waals surface area contributed by atoms with Gasteiger partial charge in [0.1, 0.15) is 17.6 Å². The van der Waals surface area contributed by atoms with E-state index >= 15 is 0 Å². The maximum Gasteiger partial charge on any atom is 0.144 e. The Kier molecular flexibility index (Phi) is 4.07. The fraction of sp³-hybridized carbons (Fsp3) is 0.125. The molecule has 0 saturated heterocycles. The van der Waals surface area contributed by atoms with Crippen molar-refractivity contribution in [2.75, 3.05) is 7.11 Å². The molecule has 0 radical (unpaired) electrons. The summed E-state index contributed by atoms with van der Waals surface area (Å²) in [4.78, 5) is 0. The van der Waals surface area contributed by atoms with Gasteiger partial charge in [-0.15, -0.1) is 0 Å².